The van der Waals surface area contributed by atoms with Crippen LogP contribution >= 0.6 is 31.9 Å². The fourth-order valence-electron chi connectivity index (χ4n) is 3.53. The van der Waals surface area contributed by atoms with E-state index in [-0.39, 0.29) is 5.41 Å². The molecule has 94 valence electrons. The van der Waals surface area contributed by atoms with Crippen LogP contribution in [0.1, 0.15) is 24.0 Å². The fourth-order valence-corrected chi connectivity index (χ4v) is 4.25. The van der Waals surface area contributed by atoms with Crippen molar-refractivity contribution in [3.05, 3.63) is 68.6 Å². The first kappa shape index (κ1) is 11.9. The van der Waals surface area contributed by atoms with Crippen molar-refractivity contribution in [2.75, 3.05) is 0 Å². The lowest BCUT2D eigenvalue weighted by molar-refractivity contribution is 0.572. The first-order chi connectivity index (χ1) is 9.21. The molecule has 0 aromatic heterocycles. The van der Waals surface area contributed by atoms with E-state index in [0.29, 0.717) is 0 Å². The highest BCUT2D eigenvalue weighted by Crippen LogP contribution is 2.55. The zero-order valence-corrected chi connectivity index (χ0v) is 13.5. The lowest BCUT2D eigenvalue weighted by atomic mass is 9.76. The van der Waals surface area contributed by atoms with Crippen molar-refractivity contribution in [2.24, 2.45) is 0 Å². The number of fused-ring (bicyclic) bond motifs is 5. The van der Waals surface area contributed by atoms with Gasteiger partial charge in [0.2, 0.25) is 0 Å². The number of hydrogen-bond donors (Lipinski definition) is 0. The van der Waals surface area contributed by atoms with Gasteiger partial charge in [0.25, 0.3) is 0 Å². The summed E-state index contributed by atoms with van der Waals surface area (Å²) in [6.07, 6.45) is 6.86. The third-order valence-electron chi connectivity index (χ3n) is 4.38. The van der Waals surface area contributed by atoms with Gasteiger partial charge in [-0.3, -0.25) is 0 Å². The van der Waals surface area contributed by atoms with Crippen LogP contribution in [-0.4, -0.2) is 0 Å². The molecule has 0 aliphatic heterocycles. The van der Waals surface area contributed by atoms with E-state index in [1.165, 1.54) is 31.2 Å². The molecular formula is C17H12Br2. The summed E-state index contributed by atoms with van der Waals surface area (Å²) in [6.45, 7) is 0. The van der Waals surface area contributed by atoms with Gasteiger partial charge in [0, 0.05) is 14.4 Å². The summed E-state index contributed by atoms with van der Waals surface area (Å²) in [5.74, 6) is 0. The molecule has 0 saturated heterocycles. The third kappa shape index (κ3) is 1.56. The van der Waals surface area contributed by atoms with Crippen LogP contribution in [0.25, 0.3) is 11.1 Å². The summed E-state index contributed by atoms with van der Waals surface area (Å²) in [7, 11) is 0. The minimum Gasteiger partial charge on any atom is -0.0873 e. The molecule has 0 atom stereocenters. The van der Waals surface area contributed by atoms with Gasteiger partial charge in [-0.25, -0.2) is 0 Å². The molecule has 0 amide bonds. The highest BCUT2D eigenvalue weighted by molar-refractivity contribution is 9.10. The Bertz CT molecular complexity index is 652. The number of benzene rings is 2. The van der Waals surface area contributed by atoms with Crippen LogP contribution in [0.4, 0.5) is 0 Å². The molecule has 0 unspecified atom stereocenters. The zero-order chi connectivity index (χ0) is 13.0. The Morgan fingerprint density at radius 2 is 1.21 bits per heavy atom. The largest absolute Gasteiger partial charge is 0.0873 e. The van der Waals surface area contributed by atoms with Crippen LogP contribution in [0.15, 0.2) is 57.5 Å². The Labute approximate surface area is 129 Å². The van der Waals surface area contributed by atoms with E-state index in [2.05, 4.69) is 80.4 Å². The van der Waals surface area contributed by atoms with Crippen LogP contribution < -0.4 is 0 Å². The number of rotatable bonds is 0. The average molecular weight is 376 g/mol. The molecular weight excluding hydrogens is 364 g/mol. The number of hydrogen-bond acceptors (Lipinski definition) is 0. The topological polar surface area (TPSA) is 0 Å². The minimum atomic E-state index is 0.165. The molecule has 2 aliphatic rings. The quantitative estimate of drug-likeness (QED) is 0.508. The monoisotopic (exact) mass is 374 g/mol. The molecule has 4 rings (SSSR count). The van der Waals surface area contributed by atoms with Gasteiger partial charge in [-0.15, -0.1) is 0 Å². The zero-order valence-electron chi connectivity index (χ0n) is 10.3. The smallest absolute Gasteiger partial charge is 0.0284 e. The van der Waals surface area contributed by atoms with E-state index in [4.69, 9.17) is 0 Å². The van der Waals surface area contributed by atoms with Gasteiger partial charge in [-0.2, -0.15) is 0 Å². The summed E-state index contributed by atoms with van der Waals surface area (Å²) < 4.78 is 2.34. The summed E-state index contributed by atoms with van der Waals surface area (Å²) in [6, 6.07) is 13.4. The Morgan fingerprint density at radius 1 is 0.737 bits per heavy atom. The Hall–Kier alpha value is -0.860. The standard InChI is InChI=1S/C17H12Br2/c18-11-3-5-13-14-6-4-12(19)10-16(14)17(15(13)9-11)7-1-2-8-17/h1-6,9-10H,7-8H2. The molecule has 1 spiro atoms. The maximum Gasteiger partial charge on any atom is 0.0284 e. The summed E-state index contributed by atoms with van der Waals surface area (Å²) >= 11 is 7.25. The second-order valence-corrected chi connectivity index (χ2v) is 7.17. The van der Waals surface area contributed by atoms with E-state index in [1.54, 1.807) is 0 Å². The fraction of sp³-hybridized carbons (Fsp3) is 0.176. The van der Waals surface area contributed by atoms with Crippen LogP contribution in [0.2, 0.25) is 0 Å². The molecule has 0 N–H and O–H groups in total. The molecule has 0 fully saturated rings. The van der Waals surface area contributed by atoms with Crippen molar-refractivity contribution < 1.29 is 0 Å². The summed E-state index contributed by atoms with van der Waals surface area (Å²) in [5.41, 5.74) is 5.90. The van der Waals surface area contributed by atoms with E-state index in [9.17, 15) is 0 Å². The van der Waals surface area contributed by atoms with Crippen LogP contribution in [0, 0.1) is 0 Å². The number of halogens is 2. The molecule has 2 aromatic carbocycles. The van der Waals surface area contributed by atoms with Crippen LogP contribution in [-0.2, 0) is 5.41 Å². The van der Waals surface area contributed by atoms with E-state index >= 15 is 0 Å². The molecule has 0 saturated carbocycles. The highest BCUT2D eigenvalue weighted by atomic mass is 79.9. The molecule has 19 heavy (non-hydrogen) atoms. The predicted octanol–water partition coefficient (Wildman–Crippen LogP) is 5.83. The van der Waals surface area contributed by atoms with Crippen molar-refractivity contribution in [2.45, 2.75) is 18.3 Å². The second-order valence-electron chi connectivity index (χ2n) is 5.34. The Balaban J connectivity index is 2.08. The van der Waals surface area contributed by atoms with Gasteiger partial charge in [0.1, 0.15) is 0 Å². The van der Waals surface area contributed by atoms with Crippen LogP contribution in [0.3, 0.4) is 0 Å². The summed E-state index contributed by atoms with van der Waals surface area (Å²) in [5, 5.41) is 0. The third-order valence-corrected chi connectivity index (χ3v) is 5.37. The normalized spacial score (nSPS) is 17.8. The second kappa shape index (κ2) is 4.07. The minimum absolute atomic E-state index is 0.165. The maximum absolute atomic E-state index is 3.62. The average Bonchev–Trinajstić information content (AvgIpc) is 2.97. The molecule has 2 aromatic rings. The van der Waals surface area contributed by atoms with Crippen molar-refractivity contribution in [1.82, 2.24) is 0 Å². The van der Waals surface area contributed by atoms with Gasteiger partial charge >= 0.3 is 0 Å². The SMILES string of the molecule is Brc1ccc2c(c1)C1(CC=CC1)c1cc(Br)ccc1-2. The van der Waals surface area contributed by atoms with Gasteiger partial charge in [0.15, 0.2) is 0 Å². The Morgan fingerprint density at radius 3 is 1.68 bits per heavy atom. The van der Waals surface area contributed by atoms with Gasteiger partial charge in [-0.05, 0) is 59.4 Å². The molecule has 0 heterocycles. The lowest BCUT2D eigenvalue weighted by Crippen LogP contribution is -2.20. The molecule has 2 aliphatic carbocycles. The van der Waals surface area contributed by atoms with Gasteiger partial charge in [-0.1, -0.05) is 56.1 Å². The predicted molar refractivity (Wildman–Crippen MR) is 86.4 cm³/mol. The van der Waals surface area contributed by atoms with Crippen molar-refractivity contribution in [3.63, 3.8) is 0 Å². The van der Waals surface area contributed by atoms with E-state index < -0.39 is 0 Å². The molecule has 0 nitrogen and oxygen atoms in total. The van der Waals surface area contributed by atoms with E-state index in [1.807, 2.05) is 0 Å². The molecule has 2 heteroatoms. The van der Waals surface area contributed by atoms with Gasteiger partial charge in [0.05, 0.1) is 0 Å². The maximum atomic E-state index is 3.62. The van der Waals surface area contributed by atoms with Crippen molar-refractivity contribution in [3.8, 4) is 11.1 Å². The highest BCUT2D eigenvalue weighted by Gasteiger charge is 2.43. The Kier molecular flexibility index (Phi) is 2.55. The molecule has 0 radical (unpaired) electrons. The van der Waals surface area contributed by atoms with Crippen LogP contribution in [0.5, 0.6) is 0 Å². The number of allylic oxidation sites excluding steroid dienone is 2. The summed E-state index contributed by atoms with van der Waals surface area (Å²) in [4.78, 5) is 0. The van der Waals surface area contributed by atoms with Gasteiger partial charge < -0.3 is 0 Å². The lowest BCUT2D eigenvalue weighted by Gasteiger charge is -2.26. The first-order valence-corrected chi connectivity index (χ1v) is 8.05. The van der Waals surface area contributed by atoms with Crippen molar-refractivity contribution in [1.29, 1.82) is 0 Å². The molecule has 0 bridgehead atoms. The van der Waals surface area contributed by atoms with Crippen molar-refractivity contribution >= 4 is 31.9 Å². The van der Waals surface area contributed by atoms with E-state index in [0.717, 1.165) is 12.8 Å². The first-order valence-electron chi connectivity index (χ1n) is 6.46.